The Labute approximate surface area is 114 Å². The number of hydrogen-bond donors (Lipinski definition) is 2. The number of aliphatic hydroxyl groups is 1. The highest BCUT2D eigenvalue weighted by molar-refractivity contribution is 7.89. The SMILES string of the molecule is CCC(O)c1cccc(S(=O)(=O)NC2CCCC2)c1. The minimum absolute atomic E-state index is 0.0600. The summed E-state index contributed by atoms with van der Waals surface area (Å²) < 4.78 is 27.3. The second-order valence-electron chi connectivity index (χ2n) is 5.10. The Bertz CT molecular complexity index is 521. The fraction of sp³-hybridized carbons (Fsp3) is 0.571. The molecule has 2 rings (SSSR count). The first-order valence-corrected chi connectivity index (χ1v) is 8.31. The molecule has 0 bridgehead atoms. The lowest BCUT2D eigenvalue weighted by atomic mass is 10.1. The maximum absolute atomic E-state index is 12.3. The monoisotopic (exact) mass is 283 g/mol. The molecule has 19 heavy (non-hydrogen) atoms. The van der Waals surface area contributed by atoms with Crippen LogP contribution in [0.5, 0.6) is 0 Å². The molecule has 2 N–H and O–H groups in total. The van der Waals surface area contributed by atoms with Gasteiger partial charge < -0.3 is 5.11 Å². The van der Waals surface area contributed by atoms with Gasteiger partial charge in [-0.3, -0.25) is 0 Å². The van der Waals surface area contributed by atoms with Crippen molar-refractivity contribution >= 4 is 10.0 Å². The zero-order valence-electron chi connectivity index (χ0n) is 11.2. The van der Waals surface area contributed by atoms with Crippen LogP contribution in [0.2, 0.25) is 0 Å². The van der Waals surface area contributed by atoms with Crippen molar-refractivity contribution in [2.24, 2.45) is 0 Å². The van der Waals surface area contributed by atoms with E-state index in [1.807, 2.05) is 6.92 Å². The Morgan fingerprint density at radius 2 is 2.05 bits per heavy atom. The van der Waals surface area contributed by atoms with Crippen LogP contribution in [0.25, 0.3) is 0 Å². The molecule has 1 aliphatic carbocycles. The van der Waals surface area contributed by atoms with E-state index in [4.69, 9.17) is 0 Å². The molecule has 1 unspecified atom stereocenters. The lowest BCUT2D eigenvalue weighted by Crippen LogP contribution is -2.32. The highest BCUT2D eigenvalue weighted by Gasteiger charge is 2.23. The molecule has 1 saturated carbocycles. The summed E-state index contributed by atoms with van der Waals surface area (Å²) in [6.07, 6.45) is 3.96. The maximum Gasteiger partial charge on any atom is 0.240 e. The second kappa shape index (κ2) is 6.03. The molecule has 4 nitrogen and oxygen atoms in total. The summed E-state index contributed by atoms with van der Waals surface area (Å²) in [7, 11) is -3.47. The molecular formula is C14H21NO3S. The normalized spacial score (nSPS) is 18.6. The smallest absolute Gasteiger partial charge is 0.240 e. The topological polar surface area (TPSA) is 66.4 Å². The summed E-state index contributed by atoms with van der Waals surface area (Å²) in [5.74, 6) is 0. The van der Waals surface area contributed by atoms with Crippen LogP contribution in [-0.2, 0) is 10.0 Å². The van der Waals surface area contributed by atoms with Crippen LogP contribution in [0.4, 0.5) is 0 Å². The van der Waals surface area contributed by atoms with E-state index in [0.717, 1.165) is 25.7 Å². The summed E-state index contributed by atoms with van der Waals surface area (Å²) in [6, 6.07) is 6.62. The van der Waals surface area contributed by atoms with Crippen molar-refractivity contribution in [2.45, 2.75) is 56.1 Å². The molecule has 1 fully saturated rings. The van der Waals surface area contributed by atoms with Crippen LogP contribution in [-0.4, -0.2) is 19.6 Å². The van der Waals surface area contributed by atoms with Gasteiger partial charge in [-0.1, -0.05) is 31.9 Å². The van der Waals surface area contributed by atoms with Gasteiger partial charge in [0.05, 0.1) is 11.0 Å². The van der Waals surface area contributed by atoms with Gasteiger partial charge in [0.2, 0.25) is 10.0 Å². The lowest BCUT2D eigenvalue weighted by molar-refractivity contribution is 0.173. The van der Waals surface area contributed by atoms with Crippen LogP contribution in [0.1, 0.15) is 50.7 Å². The van der Waals surface area contributed by atoms with Gasteiger partial charge in [0.1, 0.15) is 0 Å². The summed E-state index contributed by atoms with van der Waals surface area (Å²) in [5.41, 5.74) is 0.650. The minimum Gasteiger partial charge on any atom is -0.388 e. The minimum atomic E-state index is -3.47. The number of aliphatic hydroxyl groups excluding tert-OH is 1. The van der Waals surface area contributed by atoms with Crippen LogP contribution < -0.4 is 4.72 Å². The second-order valence-corrected chi connectivity index (χ2v) is 6.81. The number of benzene rings is 1. The van der Waals surface area contributed by atoms with Crippen molar-refractivity contribution in [3.63, 3.8) is 0 Å². The number of nitrogens with one attached hydrogen (secondary N) is 1. The van der Waals surface area contributed by atoms with E-state index in [1.165, 1.54) is 0 Å². The first-order valence-electron chi connectivity index (χ1n) is 6.83. The Hall–Kier alpha value is -0.910. The fourth-order valence-corrected chi connectivity index (χ4v) is 3.82. The summed E-state index contributed by atoms with van der Waals surface area (Å²) in [4.78, 5) is 0.240. The van der Waals surface area contributed by atoms with Crippen molar-refractivity contribution in [1.82, 2.24) is 4.72 Å². The molecule has 0 amide bonds. The zero-order valence-corrected chi connectivity index (χ0v) is 12.0. The molecule has 0 aromatic heterocycles. The van der Waals surface area contributed by atoms with Crippen molar-refractivity contribution in [2.75, 3.05) is 0 Å². The molecule has 5 heteroatoms. The highest BCUT2D eigenvalue weighted by Crippen LogP contribution is 2.23. The number of sulfonamides is 1. The third-order valence-electron chi connectivity index (χ3n) is 3.62. The lowest BCUT2D eigenvalue weighted by Gasteiger charge is -2.14. The van der Waals surface area contributed by atoms with Gasteiger partial charge in [0, 0.05) is 6.04 Å². The molecule has 1 aromatic carbocycles. The molecule has 0 spiro atoms. The average molecular weight is 283 g/mol. The largest absolute Gasteiger partial charge is 0.388 e. The molecule has 1 aliphatic rings. The van der Waals surface area contributed by atoms with Crippen LogP contribution in [0, 0.1) is 0 Å². The van der Waals surface area contributed by atoms with Crippen LogP contribution >= 0.6 is 0 Å². The molecule has 0 heterocycles. The van der Waals surface area contributed by atoms with Gasteiger partial charge in [-0.25, -0.2) is 13.1 Å². The predicted octanol–water partition coefficient (Wildman–Crippen LogP) is 2.35. The van der Waals surface area contributed by atoms with Crippen LogP contribution in [0.3, 0.4) is 0 Å². The van der Waals surface area contributed by atoms with E-state index in [1.54, 1.807) is 24.3 Å². The Kier molecular flexibility index (Phi) is 4.60. The summed E-state index contributed by atoms with van der Waals surface area (Å²) in [5, 5.41) is 9.79. The molecule has 0 radical (unpaired) electrons. The van der Waals surface area contributed by atoms with Crippen LogP contribution in [0.15, 0.2) is 29.2 Å². The number of rotatable bonds is 5. The fourth-order valence-electron chi connectivity index (χ4n) is 2.46. The molecule has 1 atom stereocenters. The number of hydrogen-bond acceptors (Lipinski definition) is 3. The molecular weight excluding hydrogens is 262 g/mol. The van der Waals surface area contributed by atoms with Crippen molar-refractivity contribution in [3.8, 4) is 0 Å². The highest BCUT2D eigenvalue weighted by atomic mass is 32.2. The Morgan fingerprint density at radius 3 is 2.68 bits per heavy atom. The first kappa shape index (κ1) is 14.5. The van der Waals surface area contributed by atoms with Gasteiger partial charge in [-0.05, 0) is 37.0 Å². The Balaban J connectivity index is 2.19. The van der Waals surface area contributed by atoms with E-state index in [9.17, 15) is 13.5 Å². The maximum atomic E-state index is 12.3. The van der Waals surface area contributed by atoms with Crippen molar-refractivity contribution in [3.05, 3.63) is 29.8 Å². The third-order valence-corrected chi connectivity index (χ3v) is 5.14. The van der Waals surface area contributed by atoms with Gasteiger partial charge >= 0.3 is 0 Å². The van der Waals surface area contributed by atoms with E-state index >= 15 is 0 Å². The molecule has 0 saturated heterocycles. The molecule has 106 valence electrons. The van der Waals surface area contributed by atoms with E-state index in [0.29, 0.717) is 12.0 Å². The standard InChI is InChI=1S/C14H21NO3S/c1-2-14(16)11-6-5-9-13(10-11)19(17,18)15-12-7-3-4-8-12/h5-6,9-10,12,14-16H,2-4,7-8H2,1H3. The average Bonchev–Trinajstić information content (AvgIpc) is 2.90. The molecule has 0 aliphatic heterocycles. The quantitative estimate of drug-likeness (QED) is 0.871. The first-order chi connectivity index (χ1) is 9.03. The van der Waals surface area contributed by atoms with E-state index in [-0.39, 0.29) is 10.9 Å². The molecule has 1 aromatic rings. The van der Waals surface area contributed by atoms with Gasteiger partial charge in [-0.2, -0.15) is 0 Å². The predicted molar refractivity (Wildman–Crippen MR) is 74.3 cm³/mol. The van der Waals surface area contributed by atoms with E-state index in [2.05, 4.69) is 4.72 Å². The zero-order chi connectivity index (χ0) is 13.9. The summed E-state index contributed by atoms with van der Waals surface area (Å²) >= 11 is 0. The Morgan fingerprint density at radius 1 is 1.37 bits per heavy atom. The van der Waals surface area contributed by atoms with E-state index < -0.39 is 16.1 Å². The van der Waals surface area contributed by atoms with Gasteiger partial charge in [0.15, 0.2) is 0 Å². The van der Waals surface area contributed by atoms with Gasteiger partial charge in [0.25, 0.3) is 0 Å². The summed E-state index contributed by atoms with van der Waals surface area (Å²) in [6.45, 7) is 1.86. The van der Waals surface area contributed by atoms with Gasteiger partial charge in [-0.15, -0.1) is 0 Å². The van der Waals surface area contributed by atoms with Crippen molar-refractivity contribution < 1.29 is 13.5 Å². The third kappa shape index (κ3) is 3.55. The van der Waals surface area contributed by atoms with Crippen molar-refractivity contribution in [1.29, 1.82) is 0 Å².